The van der Waals surface area contributed by atoms with Crippen LogP contribution in [0.3, 0.4) is 0 Å². The predicted molar refractivity (Wildman–Crippen MR) is 66.1 cm³/mol. The second kappa shape index (κ2) is 3.71. The fourth-order valence-electron chi connectivity index (χ4n) is 1.66. The molecule has 6 heteroatoms. The Labute approximate surface area is 102 Å². The van der Waals surface area contributed by atoms with E-state index in [0.29, 0.717) is 10.8 Å². The third-order valence-corrected chi connectivity index (χ3v) is 2.84. The van der Waals surface area contributed by atoms with Gasteiger partial charge < -0.3 is 5.73 Å². The summed E-state index contributed by atoms with van der Waals surface area (Å²) in [6.07, 6.45) is 3.12. The first-order chi connectivity index (χ1) is 8.27. The summed E-state index contributed by atoms with van der Waals surface area (Å²) in [5, 5.41) is 5.58. The van der Waals surface area contributed by atoms with Gasteiger partial charge in [-0.1, -0.05) is 29.8 Å². The summed E-state index contributed by atoms with van der Waals surface area (Å²) in [5.41, 5.74) is 6.57. The monoisotopic (exact) mass is 245 g/mol. The van der Waals surface area contributed by atoms with E-state index in [0.717, 1.165) is 10.9 Å². The molecule has 0 saturated heterocycles. The fraction of sp³-hybridized carbons (Fsp3) is 0. The molecule has 17 heavy (non-hydrogen) atoms. The van der Waals surface area contributed by atoms with E-state index in [1.165, 1.54) is 6.33 Å². The summed E-state index contributed by atoms with van der Waals surface area (Å²) in [6.45, 7) is 0. The van der Waals surface area contributed by atoms with Crippen LogP contribution in [0.15, 0.2) is 36.8 Å². The van der Waals surface area contributed by atoms with Gasteiger partial charge in [-0.15, -0.1) is 0 Å². The zero-order valence-corrected chi connectivity index (χ0v) is 9.46. The lowest BCUT2D eigenvalue weighted by atomic mass is 10.2. The molecule has 3 aromatic rings. The highest BCUT2D eigenvalue weighted by atomic mass is 35.5. The number of nitrogens with two attached hydrogens (primary N) is 1. The van der Waals surface area contributed by atoms with Gasteiger partial charge in [-0.3, -0.25) is 0 Å². The quantitative estimate of drug-likeness (QED) is 0.712. The van der Waals surface area contributed by atoms with Crippen molar-refractivity contribution in [1.82, 2.24) is 19.7 Å². The van der Waals surface area contributed by atoms with Crippen LogP contribution in [0.4, 0.5) is 5.82 Å². The minimum atomic E-state index is 0.247. The molecule has 0 spiro atoms. The number of para-hydroxylation sites is 1. The Morgan fingerprint density at radius 2 is 2.00 bits per heavy atom. The van der Waals surface area contributed by atoms with Crippen LogP contribution in [0.25, 0.3) is 16.7 Å². The highest BCUT2D eigenvalue weighted by Gasteiger charge is 2.11. The van der Waals surface area contributed by atoms with Crippen molar-refractivity contribution in [2.45, 2.75) is 0 Å². The van der Waals surface area contributed by atoms with E-state index in [9.17, 15) is 0 Å². The van der Waals surface area contributed by atoms with Gasteiger partial charge in [-0.05, 0) is 6.07 Å². The average molecular weight is 246 g/mol. The number of nitrogen functional groups attached to an aromatic ring is 1. The van der Waals surface area contributed by atoms with Crippen molar-refractivity contribution in [1.29, 1.82) is 0 Å². The average Bonchev–Trinajstić information content (AvgIpc) is 2.77. The van der Waals surface area contributed by atoms with E-state index in [4.69, 9.17) is 17.3 Å². The first-order valence-corrected chi connectivity index (χ1v) is 5.34. The maximum atomic E-state index is 6.07. The highest BCUT2D eigenvalue weighted by molar-refractivity contribution is 6.34. The number of halogens is 1. The number of anilines is 1. The van der Waals surface area contributed by atoms with Gasteiger partial charge in [0, 0.05) is 5.39 Å². The van der Waals surface area contributed by atoms with E-state index in [1.807, 2.05) is 24.3 Å². The molecule has 3 rings (SSSR count). The molecule has 0 fully saturated rings. The Bertz CT molecular complexity index is 691. The molecule has 1 aromatic carbocycles. The number of benzene rings is 1. The summed E-state index contributed by atoms with van der Waals surface area (Å²) in [6, 6.07) is 7.79. The molecular formula is C11H8ClN5. The third-order valence-electron chi connectivity index (χ3n) is 2.48. The van der Waals surface area contributed by atoms with Crippen molar-refractivity contribution in [2.75, 3.05) is 5.73 Å². The molecule has 5 nitrogen and oxygen atoms in total. The summed E-state index contributed by atoms with van der Waals surface area (Å²) in [4.78, 5) is 7.93. The van der Waals surface area contributed by atoms with Crippen molar-refractivity contribution >= 4 is 28.3 Å². The molecule has 0 amide bonds. The zero-order valence-electron chi connectivity index (χ0n) is 8.71. The molecule has 2 aromatic heterocycles. The summed E-state index contributed by atoms with van der Waals surface area (Å²) >= 11 is 6.07. The van der Waals surface area contributed by atoms with Crippen LogP contribution in [0.5, 0.6) is 0 Å². The van der Waals surface area contributed by atoms with E-state index in [1.54, 1.807) is 10.9 Å². The molecule has 2 N–H and O–H groups in total. The molecular weight excluding hydrogens is 238 g/mol. The van der Waals surface area contributed by atoms with Crippen molar-refractivity contribution in [3.05, 3.63) is 41.8 Å². The number of hydrogen-bond acceptors (Lipinski definition) is 4. The van der Waals surface area contributed by atoms with E-state index >= 15 is 0 Å². The molecule has 0 aliphatic heterocycles. The maximum Gasteiger partial charge on any atom is 0.178 e. The van der Waals surface area contributed by atoms with Crippen molar-refractivity contribution < 1.29 is 0 Å². The van der Waals surface area contributed by atoms with Crippen LogP contribution in [-0.4, -0.2) is 19.7 Å². The smallest absolute Gasteiger partial charge is 0.178 e. The number of hydrogen-bond donors (Lipinski definition) is 1. The lowest BCUT2D eigenvalue weighted by Crippen LogP contribution is -2.03. The van der Waals surface area contributed by atoms with Crippen molar-refractivity contribution in [2.24, 2.45) is 0 Å². The minimum Gasteiger partial charge on any atom is -0.382 e. The van der Waals surface area contributed by atoms with Gasteiger partial charge in [0.05, 0.1) is 11.7 Å². The third kappa shape index (κ3) is 1.52. The van der Waals surface area contributed by atoms with Crippen molar-refractivity contribution in [3.63, 3.8) is 0 Å². The van der Waals surface area contributed by atoms with Gasteiger partial charge in [0.15, 0.2) is 5.82 Å². The Morgan fingerprint density at radius 3 is 2.88 bits per heavy atom. The first-order valence-electron chi connectivity index (χ1n) is 4.96. The lowest BCUT2D eigenvalue weighted by molar-refractivity contribution is 0.867. The molecule has 0 aliphatic carbocycles. The molecule has 0 saturated carbocycles. The van der Waals surface area contributed by atoms with Crippen LogP contribution >= 0.6 is 11.6 Å². The van der Waals surface area contributed by atoms with Crippen LogP contribution in [0.1, 0.15) is 0 Å². The van der Waals surface area contributed by atoms with Crippen LogP contribution < -0.4 is 5.73 Å². The fourth-order valence-corrected chi connectivity index (χ4v) is 1.84. The molecule has 0 unspecified atom stereocenters. The molecule has 84 valence electrons. The maximum absolute atomic E-state index is 6.07. The Balaban J connectivity index is 2.31. The largest absolute Gasteiger partial charge is 0.382 e. The highest BCUT2D eigenvalue weighted by Crippen LogP contribution is 2.25. The second-order valence-corrected chi connectivity index (χ2v) is 3.89. The molecule has 0 aliphatic rings. The van der Waals surface area contributed by atoms with Gasteiger partial charge >= 0.3 is 0 Å². The number of aromatic nitrogens is 4. The molecule has 0 bridgehead atoms. The SMILES string of the molecule is Nc1ncnc(-n2ncc3ccccc32)c1Cl. The van der Waals surface area contributed by atoms with Crippen molar-refractivity contribution in [3.8, 4) is 5.82 Å². The summed E-state index contributed by atoms with van der Waals surface area (Å²) in [5.74, 6) is 0.733. The summed E-state index contributed by atoms with van der Waals surface area (Å²) in [7, 11) is 0. The zero-order chi connectivity index (χ0) is 11.8. The van der Waals surface area contributed by atoms with Crippen LogP contribution in [0.2, 0.25) is 5.02 Å². The summed E-state index contributed by atoms with van der Waals surface area (Å²) < 4.78 is 1.65. The second-order valence-electron chi connectivity index (χ2n) is 3.51. The topological polar surface area (TPSA) is 69.6 Å². The molecule has 2 heterocycles. The Morgan fingerprint density at radius 1 is 1.18 bits per heavy atom. The van der Waals surface area contributed by atoms with Gasteiger partial charge in [-0.25, -0.2) is 14.6 Å². The van der Waals surface area contributed by atoms with Gasteiger partial charge in [0.25, 0.3) is 0 Å². The van der Waals surface area contributed by atoms with Crippen LogP contribution in [0, 0.1) is 0 Å². The number of nitrogens with zero attached hydrogens (tertiary/aromatic N) is 4. The predicted octanol–water partition coefficient (Wildman–Crippen LogP) is 2.05. The Kier molecular flexibility index (Phi) is 2.19. The number of rotatable bonds is 1. The molecule has 0 atom stereocenters. The number of fused-ring (bicyclic) bond motifs is 1. The first kappa shape index (κ1) is 10.0. The van der Waals surface area contributed by atoms with Gasteiger partial charge in [0.1, 0.15) is 17.2 Å². The standard InChI is InChI=1S/C11H8ClN5/c12-9-10(13)14-6-15-11(9)17-8-4-2-1-3-7(8)5-16-17/h1-6H,(H2,13,14,15). The normalized spacial score (nSPS) is 10.9. The van der Waals surface area contributed by atoms with E-state index < -0.39 is 0 Å². The molecule has 0 radical (unpaired) electrons. The van der Waals surface area contributed by atoms with Crippen LogP contribution in [-0.2, 0) is 0 Å². The Hall–Kier alpha value is -2.14. The van der Waals surface area contributed by atoms with E-state index in [2.05, 4.69) is 15.1 Å². The minimum absolute atomic E-state index is 0.247. The lowest BCUT2D eigenvalue weighted by Gasteiger charge is -2.05. The van der Waals surface area contributed by atoms with Gasteiger partial charge in [-0.2, -0.15) is 5.10 Å². The van der Waals surface area contributed by atoms with Gasteiger partial charge in [0.2, 0.25) is 0 Å². The van der Waals surface area contributed by atoms with E-state index in [-0.39, 0.29) is 5.82 Å².